The average molecular weight is 485 g/mol. The number of nitrogens with one attached hydrogen (secondary N) is 1. The third-order valence-corrected chi connectivity index (χ3v) is 5.58. The van der Waals surface area contributed by atoms with Crippen molar-refractivity contribution in [2.75, 3.05) is 25.6 Å². The molecule has 0 aliphatic heterocycles. The SMILES string of the molecule is COCCOc1ccc(-n2cncn2)c(-c2nc3cc(Nc4ncccn4)ccc3n2C(C)(C)C)c1. The Kier molecular flexibility index (Phi) is 6.34. The second kappa shape index (κ2) is 9.74. The zero-order valence-electron chi connectivity index (χ0n) is 20.7. The summed E-state index contributed by atoms with van der Waals surface area (Å²) in [6.45, 7) is 7.44. The van der Waals surface area contributed by atoms with Gasteiger partial charge in [0.25, 0.3) is 0 Å². The van der Waals surface area contributed by atoms with E-state index in [1.54, 1.807) is 36.6 Å². The van der Waals surface area contributed by atoms with E-state index in [0.29, 0.717) is 19.2 Å². The van der Waals surface area contributed by atoms with Gasteiger partial charge in [0, 0.05) is 36.3 Å². The van der Waals surface area contributed by atoms with Crippen molar-refractivity contribution in [3.05, 3.63) is 67.5 Å². The third kappa shape index (κ3) is 4.76. The minimum Gasteiger partial charge on any atom is -0.491 e. The van der Waals surface area contributed by atoms with Crippen LogP contribution in [-0.4, -0.2) is 54.6 Å². The Balaban J connectivity index is 1.66. The van der Waals surface area contributed by atoms with Crippen molar-refractivity contribution in [3.8, 4) is 22.8 Å². The van der Waals surface area contributed by atoms with Gasteiger partial charge < -0.3 is 19.4 Å². The van der Waals surface area contributed by atoms with E-state index in [1.165, 1.54) is 6.33 Å². The largest absolute Gasteiger partial charge is 0.491 e. The highest BCUT2D eigenvalue weighted by Gasteiger charge is 2.25. The van der Waals surface area contributed by atoms with Crippen molar-refractivity contribution in [1.29, 1.82) is 0 Å². The van der Waals surface area contributed by atoms with Crippen LogP contribution in [0.5, 0.6) is 5.75 Å². The zero-order valence-corrected chi connectivity index (χ0v) is 20.7. The molecule has 0 fully saturated rings. The molecule has 10 nitrogen and oxygen atoms in total. The topological polar surface area (TPSA) is 105 Å². The van der Waals surface area contributed by atoms with Crippen LogP contribution in [0, 0.1) is 0 Å². The lowest BCUT2D eigenvalue weighted by Gasteiger charge is -2.25. The number of aromatic nitrogens is 7. The summed E-state index contributed by atoms with van der Waals surface area (Å²) >= 11 is 0. The Labute approximate surface area is 209 Å². The number of rotatable bonds is 8. The van der Waals surface area contributed by atoms with Crippen molar-refractivity contribution in [3.63, 3.8) is 0 Å². The fraction of sp³-hybridized carbons (Fsp3) is 0.269. The van der Waals surface area contributed by atoms with Crippen molar-refractivity contribution in [2.45, 2.75) is 26.3 Å². The standard InChI is InChI=1S/C26H28N8O2/c1-26(2,3)34-23-8-6-18(31-25-28-10-5-11-29-25)14-21(23)32-24(34)20-15-19(36-13-12-35-4)7-9-22(20)33-17-27-16-30-33/h5-11,14-17H,12-13H2,1-4H3,(H,28,29,31). The predicted octanol–water partition coefficient (Wildman–Crippen LogP) is 4.60. The molecule has 0 saturated heterocycles. The Hall–Kier alpha value is -4.31. The maximum atomic E-state index is 5.93. The quantitative estimate of drug-likeness (QED) is 0.319. The molecule has 1 N–H and O–H groups in total. The molecule has 0 atom stereocenters. The molecule has 10 heteroatoms. The van der Waals surface area contributed by atoms with Crippen LogP contribution < -0.4 is 10.1 Å². The van der Waals surface area contributed by atoms with Crippen LogP contribution in [0.2, 0.25) is 0 Å². The molecule has 0 aliphatic carbocycles. The zero-order chi connectivity index (χ0) is 25.1. The summed E-state index contributed by atoms with van der Waals surface area (Å²) in [5.74, 6) is 2.05. The Bertz CT molecular complexity index is 1460. The highest BCUT2D eigenvalue weighted by atomic mass is 16.5. The van der Waals surface area contributed by atoms with Gasteiger partial charge in [0.2, 0.25) is 5.95 Å². The van der Waals surface area contributed by atoms with Gasteiger partial charge in [-0.3, -0.25) is 0 Å². The van der Waals surface area contributed by atoms with E-state index in [4.69, 9.17) is 14.5 Å². The maximum absolute atomic E-state index is 5.93. The lowest BCUT2D eigenvalue weighted by atomic mass is 10.1. The van der Waals surface area contributed by atoms with Gasteiger partial charge in [-0.15, -0.1) is 0 Å². The van der Waals surface area contributed by atoms with E-state index >= 15 is 0 Å². The first-order chi connectivity index (χ1) is 17.4. The van der Waals surface area contributed by atoms with Gasteiger partial charge in [-0.1, -0.05) is 0 Å². The van der Waals surface area contributed by atoms with Gasteiger partial charge in [0.1, 0.15) is 30.8 Å². The van der Waals surface area contributed by atoms with Crippen LogP contribution in [0.25, 0.3) is 28.1 Å². The number of benzene rings is 2. The number of nitrogens with zero attached hydrogens (tertiary/aromatic N) is 7. The highest BCUT2D eigenvalue weighted by Crippen LogP contribution is 2.36. The average Bonchev–Trinajstić information content (AvgIpc) is 3.53. The molecule has 0 aliphatic rings. The van der Waals surface area contributed by atoms with Crippen molar-refractivity contribution < 1.29 is 9.47 Å². The van der Waals surface area contributed by atoms with E-state index in [0.717, 1.165) is 39.5 Å². The molecule has 3 heterocycles. The van der Waals surface area contributed by atoms with Crippen molar-refractivity contribution in [2.24, 2.45) is 0 Å². The minimum absolute atomic E-state index is 0.256. The summed E-state index contributed by atoms with van der Waals surface area (Å²) in [5, 5.41) is 7.62. The molecule has 0 amide bonds. The van der Waals surface area contributed by atoms with Crippen molar-refractivity contribution >= 4 is 22.7 Å². The molecule has 5 rings (SSSR count). The van der Waals surface area contributed by atoms with E-state index in [1.807, 2.05) is 30.3 Å². The molecular weight excluding hydrogens is 456 g/mol. The molecule has 0 radical (unpaired) electrons. The van der Waals surface area contributed by atoms with Crippen molar-refractivity contribution in [1.82, 2.24) is 34.3 Å². The van der Waals surface area contributed by atoms with Gasteiger partial charge >= 0.3 is 0 Å². The number of fused-ring (bicyclic) bond motifs is 1. The van der Waals surface area contributed by atoms with Gasteiger partial charge in [-0.2, -0.15) is 5.10 Å². The molecule has 0 bridgehead atoms. The first-order valence-corrected chi connectivity index (χ1v) is 11.6. The number of ether oxygens (including phenoxy) is 2. The maximum Gasteiger partial charge on any atom is 0.227 e. The fourth-order valence-electron chi connectivity index (χ4n) is 4.07. The summed E-state index contributed by atoms with van der Waals surface area (Å²) in [6, 6.07) is 13.7. The van der Waals surface area contributed by atoms with Crippen LogP contribution >= 0.6 is 0 Å². The number of methoxy groups -OCH3 is 1. The van der Waals surface area contributed by atoms with Crippen LogP contribution in [0.1, 0.15) is 20.8 Å². The number of imidazole rings is 1. The van der Waals surface area contributed by atoms with E-state index < -0.39 is 0 Å². The molecule has 5 aromatic rings. The van der Waals surface area contributed by atoms with Gasteiger partial charge in [0.15, 0.2) is 0 Å². The van der Waals surface area contributed by atoms with E-state index in [-0.39, 0.29) is 5.54 Å². The number of hydrogen-bond donors (Lipinski definition) is 1. The molecule has 0 spiro atoms. The van der Waals surface area contributed by atoms with E-state index in [9.17, 15) is 0 Å². The third-order valence-electron chi connectivity index (χ3n) is 5.58. The second-order valence-corrected chi connectivity index (χ2v) is 9.20. The lowest BCUT2D eigenvalue weighted by Crippen LogP contribution is -2.23. The van der Waals surface area contributed by atoms with E-state index in [2.05, 4.69) is 56.8 Å². The second-order valence-electron chi connectivity index (χ2n) is 9.20. The van der Waals surface area contributed by atoms with Crippen LogP contribution in [0.3, 0.4) is 0 Å². The molecular formula is C26H28N8O2. The monoisotopic (exact) mass is 484 g/mol. The summed E-state index contributed by atoms with van der Waals surface area (Å²) in [7, 11) is 1.65. The number of hydrogen-bond acceptors (Lipinski definition) is 8. The first kappa shape index (κ1) is 23.4. The molecule has 0 unspecified atom stereocenters. The summed E-state index contributed by atoms with van der Waals surface area (Å²) in [5.41, 5.74) is 4.18. The smallest absolute Gasteiger partial charge is 0.227 e. The highest BCUT2D eigenvalue weighted by molar-refractivity contribution is 5.86. The normalized spacial score (nSPS) is 11.7. The molecule has 36 heavy (non-hydrogen) atoms. The Morgan fingerprint density at radius 1 is 1.00 bits per heavy atom. The molecule has 3 aromatic heterocycles. The summed E-state index contributed by atoms with van der Waals surface area (Å²) < 4.78 is 15.0. The lowest BCUT2D eigenvalue weighted by molar-refractivity contribution is 0.146. The van der Waals surface area contributed by atoms with Crippen LogP contribution in [-0.2, 0) is 10.3 Å². The Morgan fingerprint density at radius 3 is 2.56 bits per heavy atom. The van der Waals surface area contributed by atoms with Crippen LogP contribution in [0.15, 0.2) is 67.5 Å². The summed E-state index contributed by atoms with van der Waals surface area (Å²) in [6.07, 6.45) is 6.60. The van der Waals surface area contributed by atoms with Gasteiger partial charge in [-0.25, -0.2) is 24.6 Å². The van der Waals surface area contributed by atoms with Crippen LogP contribution in [0.4, 0.5) is 11.6 Å². The number of anilines is 2. The first-order valence-electron chi connectivity index (χ1n) is 11.6. The predicted molar refractivity (Wildman–Crippen MR) is 138 cm³/mol. The van der Waals surface area contributed by atoms with Gasteiger partial charge in [-0.05, 0) is 63.2 Å². The molecule has 2 aromatic carbocycles. The molecule has 184 valence electrons. The summed E-state index contributed by atoms with van der Waals surface area (Å²) in [4.78, 5) is 17.8. The molecule has 0 saturated carbocycles. The minimum atomic E-state index is -0.256. The van der Waals surface area contributed by atoms with Gasteiger partial charge in [0.05, 0.1) is 23.3 Å². The Morgan fingerprint density at radius 2 is 1.83 bits per heavy atom. The fourth-order valence-corrected chi connectivity index (χ4v) is 4.07.